The van der Waals surface area contributed by atoms with Gasteiger partial charge in [-0.1, -0.05) is 37.8 Å². The van der Waals surface area contributed by atoms with E-state index in [1.54, 1.807) is 29.9 Å². The van der Waals surface area contributed by atoms with E-state index in [4.69, 9.17) is 10.3 Å². The van der Waals surface area contributed by atoms with E-state index in [-0.39, 0.29) is 31.6 Å². The number of nitrogens with one attached hydrogen (secondary N) is 1. The number of hydrogen-bond donors (Lipinski definition) is 1. The van der Waals surface area contributed by atoms with Crippen LogP contribution < -0.4 is 4.72 Å². The molecular formula is C17H31N7O3SSi. The molecule has 29 heavy (non-hydrogen) atoms. The van der Waals surface area contributed by atoms with Crippen molar-refractivity contribution < 1.29 is 13.2 Å². The number of anilines is 1. The second kappa shape index (κ2) is 9.31. The fraction of sp³-hybridized carbons (Fsp3) is 0.706. The summed E-state index contributed by atoms with van der Waals surface area (Å²) in [5.41, 5.74) is 8.05. The minimum atomic E-state index is -3.83. The zero-order chi connectivity index (χ0) is 21.7. The van der Waals surface area contributed by atoms with Crippen molar-refractivity contribution in [1.82, 2.24) is 14.1 Å². The first-order valence-electron chi connectivity index (χ1n) is 9.55. The summed E-state index contributed by atoms with van der Waals surface area (Å²) in [4.78, 5) is 2.90. The molecule has 12 heteroatoms. The SMILES string of the molecule is C=CC[C@H]1CN(S(=O)(=O)Nc2ccn(COCC[Si](C)(C)C)n2)C[C@]1(C)N=[N+]=[N-]. The Morgan fingerprint density at radius 2 is 2.28 bits per heavy atom. The second-order valence-corrected chi connectivity index (χ2v) is 16.0. The lowest BCUT2D eigenvalue weighted by Gasteiger charge is -2.23. The summed E-state index contributed by atoms with van der Waals surface area (Å²) in [6.07, 6.45) is 3.94. The minimum Gasteiger partial charge on any atom is -0.360 e. The van der Waals surface area contributed by atoms with Crippen molar-refractivity contribution in [3.63, 3.8) is 0 Å². The van der Waals surface area contributed by atoms with Gasteiger partial charge in [-0.25, -0.2) is 4.68 Å². The number of nitrogens with zero attached hydrogens (tertiary/aromatic N) is 6. The van der Waals surface area contributed by atoms with Gasteiger partial charge in [0.25, 0.3) is 0 Å². The molecule has 0 aliphatic carbocycles. The number of azide groups is 1. The number of aromatic nitrogens is 2. The van der Waals surface area contributed by atoms with E-state index in [2.05, 4.69) is 46.1 Å². The third-order valence-corrected chi connectivity index (χ3v) is 8.09. The van der Waals surface area contributed by atoms with E-state index >= 15 is 0 Å². The molecule has 1 saturated heterocycles. The molecule has 0 radical (unpaired) electrons. The summed E-state index contributed by atoms with van der Waals surface area (Å²) in [7, 11) is -4.99. The Morgan fingerprint density at radius 3 is 2.90 bits per heavy atom. The first kappa shape index (κ1) is 23.4. The lowest BCUT2D eigenvalue weighted by Crippen LogP contribution is -2.37. The molecule has 1 N–H and O–H groups in total. The van der Waals surface area contributed by atoms with E-state index < -0.39 is 23.8 Å². The van der Waals surface area contributed by atoms with Crippen LogP contribution in [0.1, 0.15) is 13.3 Å². The van der Waals surface area contributed by atoms with Crippen LogP contribution in [-0.2, 0) is 21.7 Å². The normalized spacial score (nSPS) is 23.0. The zero-order valence-corrected chi connectivity index (χ0v) is 19.4. The average molecular weight is 442 g/mol. The molecule has 0 spiro atoms. The summed E-state index contributed by atoms with van der Waals surface area (Å²) in [5, 5.41) is 8.07. The van der Waals surface area contributed by atoms with Gasteiger partial charge in [0.1, 0.15) is 6.73 Å². The molecule has 2 rings (SSSR count). The van der Waals surface area contributed by atoms with Crippen molar-refractivity contribution in [2.24, 2.45) is 11.0 Å². The summed E-state index contributed by atoms with van der Waals surface area (Å²) >= 11 is 0. The van der Waals surface area contributed by atoms with Gasteiger partial charge in [-0.3, -0.25) is 4.72 Å². The Hall–Kier alpha value is -1.85. The second-order valence-electron chi connectivity index (χ2n) is 8.76. The van der Waals surface area contributed by atoms with Crippen LogP contribution in [0.2, 0.25) is 25.7 Å². The van der Waals surface area contributed by atoms with Gasteiger partial charge >= 0.3 is 10.2 Å². The first-order chi connectivity index (χ1) is 13.5. The van der Waals surface area contributed by atoms with Crippen LogP contribution in [0, 0.1) is 5.92 Å². The summed E-state index contributed by atoms with van der Waals surface area (Å²) in [6.45, 7) is 13.6. The van der Waals surface area contributed by atoms with Crippen molar-refractivity contribution >= 4 is 24.1 Å². The smallest absolute Gasteiger partial charge is 0.302 e. The van der Waals surface area contributed by atoms with Gasteiger partial charge in [-0.05, 0) is 23.9 Å². The molecular weight excluding hydrogens is 410 g/mol. The van der Waals surface area contributed by atoms with Gasteiger partial charge in [0.15, 0.2) is 5.82 Å². The van der Waals surface area contributed by atoms with Crippen LogP contribution in [0.25, 0.3) is 10.4 Å². The van der Waals surface area contributed by atoms with Gasteiger partial charge in [0.2, 0.25) is 0 Å². The fourth-order valence-electron chi connectivity index (χ4n) is 3.14. The van der Waals surface area contributed by atoms with E-state index in [9.17, 15) is 8.42 Å². The van der Waals surface area contributed by atoms with Crippen LogP contribution in [0.5, 0.6) is 0 Å². The maximum Gasteiger partial charge on any atom is 0.302 e. The third-order valence-electron chi connectivity index (χ3n) is 4.96. The van der Waals surface area contributed by atoms with Crippen molar-refractivity contribution in [3.05, 3.63) is 35.4 Å². The molecule has 1 fully saturated rings. The summed E-state index contributed by atoms with van der Waals surface area (Å²) in [6, 6.07) is 2.64. The highest BCUT2D eigenvalue weighted by atomic mass is 32.2. The van der Waals surface area contributed by atoms with Crippen LogP contribution in [0.4, 0.5) is 5.82 Å². The van der Waals surface area contributed by atoms with Crippen molar-refractivity contribution in [1.29, 1.82) is 0 Å². The van der Waals surface area contributed by atoms with E-state index in [1.165, 1.54) is 4.31 Å². The van der Waals surface area contributed by atoms with E-state index in [1.807, 2.05) is 0 Å². The average Bonchev–Trinajstić information content (AvgIpc) is 3.16. The van der Waals surface area contributed by atoms with Gasteiger partial charge in [0, 0.05) is 44.9 Å². The highest BCUT2D eigenvalue weighted by Gasteiger charge is 2.46. The van der Waals surface area contributed by atoms with Crippen molar-refractivity contribution in [2.75, 3.05) is 24.4 Å². The molecule has 2 atom stereocenters. The molecule has 0 unspecified atom stereocenters. The van der Waals surface area contributed by atoms with E-state index in [0.717, 1.165) is 6.04 Å². The maximum atomic E-state index is 12.8. The topological polar surface area (TPSA) is 125 Å². The van der Waals surface area contributed by atoms with Crippen LogP contribution in [-0.4, -0.2) is 55.8 Å². The lowest BCUT2D eigenvalue weighted by molar-refractivity contribution is 0.0788. The molecule has 1 aromatic heterocycles. The van der Waals surface area contributed by atoms with Gasteiger partial charge in [0.05, 0.1) is 5.54 Å². The van der Waals surface area contributed by atoms with Crippen LogP contribution >= 0.6 is 0 Å². The van der Waals surface area contributed by atoms with E-state index in [0.29, 0.717) is 13.0 Å². The monoisotopic (exact) mass is 441 g/mol. The highest BCUT2D eigenvalue weighted by molar-refractivity contribution is 7.90. The Kier molecular flexibility index (Phi) is 7.52. The highest BCUT2D eigenvalue weighted by Crippen LogP contribution is 2.35. The van der Waals surface area contributed by atoms with Crippen LogP contribution in [0.15, 0.2) is 30.0 Å². The molecule has 0 aromatic carbocycles. The van der Waals surface area contributed by atoms with Gasteiger partial charge < -0.3 is 4.74 Å². The predicted molar refractivity (Wildman–Crippen MR) is 116 cm³/mol. The third kappa shape index (κ3) is 6.58. The quantitative estimate of drug-likeness (QED) is 0.141. The standard InChI is InChI=1S/C17H31N7O3SSi/c1-6-7-15-12-24(13-17(15,2)21-22-18)28(25,26)20-16-8-9-23(19-16)14-27-10-11-29(3,4)5/h6,8-9,15H,1,7,10-14H2,2-5H3,(H,19,20)/t15-,17-/m0/s1. The van der Waals surface area contributed by atoms with Crippen molar-refractivity contribution in [3.8, 4) is 0 Å². The molecule has 162 valence electrons. The molecule has 1 aliphatic heterocycles. The lowest BCUT2D eigenvalue weighted by atomic mass is 9.87. The molecule has 1 aromatic rings. The zero-order valence-electron chi connectivity index (χ0n) is 17.6. The summed E-state index contributed by atoms with van der Waals surface area (Å²) in [5.74, 6) is 0.0845. The maximum absolute atomic E-state index is 12.8. The Balaban J connectivity index is 1.98. The predicted octanol–water partition coefficient (Wildman–Crippen LogP) is 3.43. The van der Waals surface area contributed by atoms with Gasteiger partial charge in [-0.2, -0.15) is 17.8 Å². The molecule has 0 saturated carbocycles. The number of rotatable bonds is 11. The Labute approximate surface area is 173 Å². The number of allylic oxidation sites excluding steroid dienone is 1. The molecule has 0 bridgehead atoms. The molecule has 10 nitrogen and oxygen atoms in total. The van der Waals surface area contributed by atoms with Crippen molar-refractivity contribution in [2.45, 2.75) is 51.3 Å². The molecule has 0 amide bonds. The summed E-state index contributed by atoms with van der Waals surface area (Å²) < 4.78 is 36.6. The van der Waals surface area contributed by atoms with Crippen LogP contribution in [0.3, 0.4) is 0 Å². The van der Waals surface area contributed by atoms with Gasteiger partial charge in [-0.15, -0.1) is 6.58 Å². The first-order valence-corrected chi connectivity index (χ1v) is 14.7. The largest absolute Gasteiger partial charge is 0.360 e. The fourth-order valence-corrected chi connectivity index (χ4v) is 5.21. The number of ether oxygens (including phenoxy) is 1. The molecule has 2 heterocycles. The molecule has 1 aliphatic rings. The Morgan fingerprint density at radius 1 is 1.55 bits per heavy atom. The minimum absolute atomic E-state index is 0.103. The number of hydrogen-bond acceptors (Lipinski definition) is 5. The Bertz CT molecular complexity index is 861.